The lowest BCUT2D eigenvalue weighted by Crippen LogP contribution is -2.47. The van der Waals surface area contributed by atoms with Crippen molar-refractivity contribution in [2.24, 2.45) is 5.41 Å². The molecule has 1 saturated heterocycles. The van der Waals surface area contributed by atoms with E-state index in [1.807, 2.05) is 30.3 Å². The quantitative estimate of drug-likeness (QED) is 0.372. The summed E-state index contributed by atoms with van der Waals surface area (Å²) in [5.41, 5.74) is 0.454. The van der Waals surface area contributed by atoms with Crippen molar-refractivity contribution in [1.29, 1.82) is 0 Å². The molecule has 7 nitrogen and oxygen atoms in total. The summed E-state index contributed by atoms with van der Waals surface area (Å²) in [5.74, 6) is 0.570. The van der Waals surface area contributed by atoms with Gasteiger partial charge in [0.25, 0.3) is 0 Å². The zero-order valence-electron chi connectivity index (χ0n) is 21.7. The summed E-state index contributed by atoms with van der Waals surface area (Å²) in [6.07, 6.45) is 1.11. The Morgan fingerprint density at radius 2 is 1.66 bits per heavy atom. The average molecular weight is 541 g/mol. The fourth-order valence-corrected chi connectivity index (χ4v) is 6.13. The number of nitrogens with zero attached hydrogens (tertiary/aromatic N) is 2. The van der Waals surface area contributed by atoms with Crippen LogP contribution in [0.4, 0.5) is 4.39 Å². The van der Waals surface area contributed by atoms with E-state index in [2.05, 4.69) is 0 Å². The standard InChI is InChI=1S/C29H33FN2O5S/c1-31(21-23-7-4-3-5-8-23)28(33)20-29(22-37-25-13-11-24(30)12-14-25)15-17-32(18-16-29)38(34,35)27-10-6-9-26(19-27)36-2/h3-14,19H,15-18,20-22H2,1-2H3. The molecular weight excluding hydrogens is 507 g/mol. The van der Waals surface area contributed by atoms with Gasteiger partial charge in [0, 0.05) is 44.6 Å². The zero-order valence-corrected chi connectivity index (χ0v) is 22.5. The summed E-state index contributed by atoms with van der Waals surface area (Å²) in [6.45, 7) is 1.20. The summed E-state index contributed by atoms with van der Waals surface area (Å²) in [6, 6.07) is 21.9. The topological polar surface area (TPSA) is 76.1 Å². The maximum Gasteiger partial charge on any atom is 0.243 e. The van der Waals surface area contributed by atoms with Crippen LogP contribution in [0.15, 0.2) is 83.8 Å². The van der Waals surface area contributed by atoms with Crippen molar-refractivity contribution in [2.75, 3.05) is 33.9 Å². The highest BCUT2D eigenvalue weighted by Gasteiger charge is 2.41. The number of amides is 1. The number of piperidine rings is 1. The SMILES string of the molecule is COc1cccc(S(=O)(=O)N2CCC(COc3ccc(F)cc3)(CC(=O)N(C)Cc3ccccc3)CC2)c1. The van der Waals surface area contributed by atoms with Crippen molar-refractivity contribution >= 4 is 15.9 Å². The molecule has 1 fully saturated rings. The van der Waals surface area contributed by atoms with Crippen LogP contribution in [0, 0.1) is 11.2 Å². The minimum absolute atomic E-state index is 0.0411. The predicted octanol–water partition coefficient (Wildman–Crippen LogP) is 4.73. The van der Waals surface area contributed by atoms with E-state index in [1.54, 1.807) is 42.3 Å². The molecule has 0 aromatic heterocycles. The first-order chi connectivity index (χ1) is 18.2. The minimum Gasteiger partial charge on any atom is -0.497 e. The van der Waals surface area contributed by atoms with E-state index >= 15 is 0 Å². The van der Waals surface area contributed by atoms with Gasteiger partial charge in [-0.2, -0.15) is 4.31 Å². The van der Waals surface area contributed by atoms with Gasteiger partial charge in [-0.15, -0.1) is 0 Å². The fourth-order valence-electron chi connectivity index (χ4n) is 4.65. The van der Waals surface area contributed by atoms with Gasteiger partial charge in [0.15, 0.2) is 0 Å². The third-order valence-electron chi connectivity index (χ3n) is 7.04. The Morgan fingerprint density at radius 3 is 2.32 bits per heavy atom. The van der Waals surface area contributed by atoms with Crippen molar-refractivity contribution in [2.45, 2.75) is 30.7 Å². The summed E-state index contributed by atoms with van der Waals surface area (Å²) in [4.78, 5) is 15.2. The van der Waals surface area contributed by atoms with Gasteiger partial charge in [0.05, 0.1) is 18.6 Å². The molecule has 0 spiro atoms. The maximum absolute atomic E-state index is 13.4. The Morgan fingerprint density at radius 1 is 0.974 bits per heavy atom. The lowest BCUT2D eigenvalue weighted by atomic mass is 9.76. The van der Waals surface area contributed by atoms with Gasteiger partial charge in [-0.25, -0.2) is 12.8 Å². The monoisotopic (exact) mass is 540 g/mol. The second kappa shape index (κ2) is 12.0. The summed E-state index contributed by atoms with van der Waals surface area (Å²) < 4.78 is 52.7. The number of hydrogen-bond donors (Lipinski definition) is 0. The van der Waals surface area contributed by atoms with Gasteiger partial charge in [-0.1, -0.05) is 36.4 Å². The van der Waals surface area contributed by atoms with Crippen molar-refractivity contribution in [3.05, 3.63) is 90.2 Å². The summed E-state index contributed by atoms with van der Waals surface area (Å²) >= 11 is 0. The minimum atomic E-state index is -3.73. The third-order valence-corrected chi connectivity index (χ3v) is 8.93. The van der Waals surface area contributed by atoms with E-state index < -0.39 is 15.4 Å². The van der Waals surface area contributed by atoms with Crippen LogP contribution >= 0.6 is 0 Å². The van der Waals surface area contributed by atoms with Crippen LogP contribution < -0.4 is 9.47 Å². The molecule has 0 radical (unpaired) electrons. The number of carbonyl (C=O) groups excluding carboxylic acids is 1. The van der Waals surface area contributed by atoms with Crippen LogP contribution in [0.5, 0.6) is 11.5 Å². The Hall–Kier alpha value is -3.43. The second-order valence-electron chi connectivity index (χ2n) is 9.74. The molecule has 4 rings (SSSR count). The molecule has 3 aromatic rings. The first-order valence-electron chi connectivity index (χ1n) is 12.5. The largest absolute Gasteiger partial charge is 0.497 e. The Bertz CT molecular complexity index is 1320. The van der Waals surface area contributed by atoms with Crippen LogP contribution in [-0.2, 0) is 21.4 Å². The van der Waals surface area contributed by atoms with Gasteiger partial charge in [-0.05, 0) is 54.8 Å². The zero-order chi connectivity index (χ0) is 27.2. The third kappa shape index (κ3) is 6.71. The average Bonchev–Trinajstić information content (AvgIpc) is 2.93. The van der Waals surface area contributed by atoms with E-state index in [4.69, 9.17) is 9.47 Å². The van der Waals surface area contributed by atoms with Crippen molar-refractivity contribution in [3.8, 4) is 11.5 Å². The number of benzene rings is 3. The van der Waals surface area contributed by atoms with Crippen LogP contribution in [0.3, 0.4) is 0 Å². The van der Waals surface area contributed by atoms with Gasteiger partial charge in [-0.3, -0.25) is 4.79 Å². The van der Waals surface area contributed by atoms with Crippen molar-refractivity contribution in [3.63, 3.8) is 0 Å². The molecule has 0 bridgehead atoms. The van der Waals surface area contributed by atoms with E-state index in [-0.39, 0.29) is 42.7 Å². The Balaban J connectivity index is 1.49. The van der Waals surface area contributed by atoms with Gasteiger partial charge < -0.3 is 14.4 Å². The molecule has 202 valence electrons. The molecule has 0 N–H and O–H groups in total. The van der Waals surface area contributed by atoms with Crippen LogP contribution in [0.1, 0.15) is 24.8 Å². The molecule has 0 saturated carbocycles. The smallest absolute Gasteiger partial charge is 0.243 e. The maximum atomic E-state index is 13.4. The second-order valence-corrected chi connectivity index (χ2v) is 11.7. The fraction of sp³-hybridized carbons (Fsp3) is 0.345. The first-order valence-corrected chi connectivity index (χ1v) is 14.0. The van der Waals surface area contributed by atoms with Gasteiger partial charge in [0.2, 0.25) is 15.9 Å². The van der Waals surface area contributed by atoms with Crippen molar-refractivity contribution in [1.82, 2.24) is 9.21 Å². The number of carbonyl (C=O) groups is 1. The molecule has 3 aromatic carbocycles. The predicted molar refractivity (Wildman–Crippen MR) is 143 cm³/mol. The van der Waals surface area contributed by atoms with Crippen molar-refractivity contribution < 1.29 is 27.1 Å². The van der Waals surface area contributed by atoms with E-state index in [0.29, 0.717) is 30.9 Å². The lowest BCUT2D eigenvalue weighted by molar-refractivity contribution is -0.134. The van der Waals surface area contributed by atoms with E-state index in [1.165, 1.54) is 29.6 Å². The molecule has 38 heavy (non-hydrogen) atoms. The van der Waals surface area contributed by atoms with Gasteiger partial charge >= 0.3 is 0 Å². The molecule has 0 atom stereocenters. The highest BCUT2D eigenvalue weighted by molar-refractivity contribution is 7.89. The number of ether oxygens (including phenoxy) is 2. The Labute approximate surface area is 223 Å². The number of halogens is 1. The summed E-state index contributed by atoms with van der Waals surface area (Å²) in [5, 5.41) is 0. The van der Waals surface area contributed by atoms with E-state index in [0.717, 1.165) is 5.56 Å². The molecule has 0 unspecified atom stereocenters. The molecule has 1 heterocycles. The van der Waals surface area contributed by atoms with Crippen LogP contribution in [0.2, 0.25) is 0 Å². The van der Waals surface area contributed by atoms with E-state index in [9.17, 15) is 17.6 Å². The normalized spacial score (nSPS) is 15.6. The first kappa shape index (κ1) is 27.6. The molecule has 0 aliphatic carbocycles. The molecular formula is C29H33FN2O5S. The molecule has 9 heteroatoms. The lowest BCUT2D eigenvalue weighted by Gasteiger charge is -2.41. The highest BCUT2D eigenvalue weighted by atomic mass is 32.2. The summed E-state index contributed by atoms with van der Waals surface area (Å²) in [7, 11) is -0.463. The van der Waals surface area contributed by atoms with Gasteiger partial charge in [0.1, 0.15) is 17.3 Å². The molecule has 1 aliphatic rings. The molecule has 1 amide bonds. The number of hydrogen-bond acceptors (Lipinski definition) is 5. The van der Waals surface area contributed by atoms with Crippen LogP contribution in [0.25, 0.3) is 0 Å². The highest BCUT2D eigenvalue weighted by Crippen LogP contribution is 2.38. The number of sulfonamides is 1. The number of methoxy groups -OCH3 is 1. The van der Waals surface area contributed by atoms with Crippen LogP contribution in [-0.4, -0.2) is 57.4 Å². The number of rotatable bonds is 10. The Kier molecular flexibility index (Phi) is 8.69. The molecule has 1 aliphatic heterocycles.